The number of nitrogens with zero attached hydrogens (tertiary/aromatic N) is 4. The van der Waals surface area contributed by atoms with Gasteiger partial charge in [0, 0.05) is 61.8 Å². The number of halogens is 4. The van der Waals surface area contributed by atoms with Crippen LogP contribution in [0.15, 0.2) is 59.8 Å². The summed E-state index contributed by atoms with van der Waals surface area (Å²) in [6, 6.07) is 10.6. The lowest BCUT2D eigenvalue weighted by Gasteiger charge is -2.34. The number of alkyl halides is 3. The van der Waals surface area contributed by atoms with Crippen molar-refractivity contribution in [3.8, 4) is 22.3 Å². The fourth-order valence-corrected chi connectivity index (χ4v) is 5.64. The number of nitrogens with two attached hydrogens (primary N) is 1. The minimum absolute atomic E-state index is 0.00414. The number of aromatic nitrogens is 2. The molecular formula is C24H23F4N5O4S. The van der Waals surface area contributed by atoms with Gasteiger partial charge >= 0.3 is 12.1 Å². The monoisotopic (exact) mass is 553 g/mol. The lowest BCUT2D eigenvalue weighted by atomic mass is 10.0. The van der Waals surface area contributed by atoms with E-state index in [1.165, 1.54) is 34.9 Å². The molecule has 9 nitrogen and oxygen atoms in total. The Hall–Kier alpha value is -3.62. The van der Waals surface area contributed by atoms with Crippen molar-refractivity contribution in [2.45, 2.75) is 11.1 Å². The number of ether oxygens (including phenoxy) is 1. The van der Waals surface area contributed by atoms with E-state index in [1.54, 1.807) is 29.2 Å². The van der Waals surface area contributed by atoms with Crippen LogP contribution in [0.2, 0.25) is 0 Å². The number of carbonyl (C=O) groups excluding carboxylic acids is 1. The van der Waals surface area contributed by atoms with Crippen molar-refractivity contribution in [2.75, 3.05) is 45.1 Å². The van der Waals surface area contributed by atoms with Crippen LogP contribution in [-0.4, -0.2) is 79.1 Å². The molecule has 0 unspecified atom stereocenters. The number of rotatable bonds is 7. The smallest absolute Gasteiger partial charge is 0.458 e. The fraction of sp³-hybridized carbons (Fsp3) is 0.292. The molecule has 202 valence electrons. The molecule has 1 aromatic heterocycles. The van der Waals surface area contributed by atoms with E-state index < -0.39 is 34.6 Å². The van der Waals surface area contributed by atoms with Crippen LogP contribution in [0.1, 0.15) is 0 Å². The average molecular weight is 554 g/mol. The van der Waals surface area contributed by atoms with Gasteiger partial charge in [-0.25, -0.2) is 27.6 Å². The van der Waals surface area contributed by atoms with E-state index in [0.29, 0.717) is 16.7 Å². The number of nitrogen functional groups attached to an aromatic ring is 1. The highest BCUT2D eigenvalue weighted by Gasteiger charge is 2.41. The largest absolute Gasteiger partial charge is 0.490 e. The van der Waals surface area contributed by atoms with E-state index in [9.17, 15) is 26.4 Å². The zero-order valence-electron chi connectivity index (χ0n) is 19.9. The Morgan fingerprint density at radius 1 is 0.974 bits per heavy atom. The van der Waals surface area contributed by atoms with Crippen molar-refractivity contribution in [1.29, 1.82) is 0 Å². The molecule has 0 bridgehead atoms. The van der Waals surface area contributed by atoms with Crippen LogP contribution in [0, 0.1) is 5.82 Å². The van der Waals surface area contributed by atoms with Gasteiger partial charge in [0.1, 0.15) is 12.4 Å². The van der Waals surface area contributed by atoms with Crippen LogP contribution >= 0.6 is 0 Å². The lowest BCUT2D eigenvalue weighted by Crippen LogP contribution is -2.49. The van der Waals surface area contributed by atoms with Gasteiger partial charge < -0.3 is 10.5 Å². The number of esters is 1. The average Bonchev–Trinajstić information content (AvgIpc) is 2.89. The summed E-state index contributed by atoms with van der Waals surface area (Å²) in [5.41, 5.74) is 6.79. The normalized spacial score (nSPS) is 15.4. The van der Waals surface area contributed by atoms with Crippen molar-refractivity contribution in [1.82, 2.24) is 19.2 Å². The van der Waals surface area contributed by atoms with Crippen molar-refractivity contribution in [2.24, 2.45) is 0 Å². The number of carbonyl (C=O) groups is 1. The maximum atomic E-state index is 15.0. The molecule has 1 fully saturated rings. The summed E-state index contributed by atoms with van der Waals surface area (Å²) in [5, 5.41) is 0. The molecule has 14 heteroatoms. The minimum Gasteiger partial charge on any atom is -0.458 e. The van der Waals surface area contributed by atoms with Gasteiger partial charge in [-0.15, -0.1) is 0 Å². The highest BCUT2D eigenvalue weighted by molar-refractivity contribution is 7.89. The lowest BCUT2D eigenvalue weighted by molar-refractivity contribution is -0.200. The predicted octanol–water partition coefficient (Wildman–Crippen LogP) is 2.94. The van der Waals surface area contributed by atoms with Crippen LogP contribution in [0.4, 0.5) is 23.5 Å². The van der Waals surface area contributed by atoms with Crippen molar-refractivity contribution in [3.05, 3.63) is 60.7 Å². The second-order valence-corrected chi connectivity index (χ2v) is 10.3. The van der Waals surface area contributed by atoms with Gasteiger partial charge in [-0.3, -0.25) is 4.90 Å². The quantitative estimate of drug-likeness (QED) is 0.351. The molecule has 0 radical (unpaired) electrons. The number of hydrogen-bond acceptors (Lipinski definition) is 8. The number of anilines is 1. The number of sulfonamides is 1. The second-order valence-electron chi connectivity index (χ2n) is 8.40. The van der Waals surface area contributed by atoms with E-state index in [0.717, 1.165) is 0 Å². The van der Waals surface area contributed by atoms with Crippen molar-refractivity contribution >= 4 is 21.9 Å². The van der Waals surface area contributed by atoms with Gasteiger partial charge in [-0.1, -0.05) is 30.3 Å². The number of piperazine rings is 1. The second kappa shape index (κ2) is 11.0. The Morgan fingerprint density at radius 2 is 1.63 bits per heavy atom. The van der Waals surface area contributed by atoms with Gasteiger partial charge in [0.05, 0.1) is 4.90 Å². The number of hydrogen-bond donors (Lipinski definition) is 1. The van der Waals surface area contributed by atoms with Gasteiger partial charge in [0.2, 0.25) is 16.0 Å². The van der Waals surface area contributed by atoms with Crippen LogP contribution < -0.4 is 5.73 Å². The highest BCUT2D eigenvalue weighted by Crippen LogP contribution is 2.33. The van der Waals surface area contributed by atoms with Crippen molar-refractivity contribution < 1.29 is 35.5 Å². The van der Waals surface area contributed by atoms with Gasteiger partial charge in [-0.2, -0.15) is 17.5 Å². The molecule has 1 saturated heterocycles. The van der Waals surface area contributed by atoms with Gasteiger partial charge in [-0.05, 0) is 17.7 Å². The van der Waals surface area contributed by atoms with E-state index in [4.69, 9.17) is 5.73 Å². The molecule has 0 atom stereocenters. The minimum atomic E-state index is -5.06. The molecule has 4 rings (SSSR count). The van der Waals surface area contributed by atoms with Crippen LogP contribution in [0.3, 0.4) is 0 Å². The van der Waals surface area contributed by atoms with Crippen LogP contribution in [-0.2, 0) is 19.6 Å². The third-order valence-corrected chi connectivity index (χ3v) is 7.93. The van der Waals surface area contributed by atoms with E-state index in [1.807, 2.05) is 0 Å². The molecule has 0 aliphatic carbocycles. The maximum absolute atomic E-state index is 15.0. The Balaban J connectivity index is 1.47. The standard InChI is InChI=1S/C24H23F4N5O4S/c25-20-13-16(5-6-18(20)17-14-30-23(29)31-15-17)19-3-1-2-4-21(19)38(35,36)33-9-7-32(8-10-33)11-12-37-22(34)24(26,27)28/h1-6,13-15H,7-12H2,(H2,29,30,31). The Morgan fingerprint density at radius 3 is 2.26 bits per heavy atom. The molecule has 0 saturated carbocycles. The summed E-state index contributed by atoms with van der Waals surface area (Å²) in [5.74, 6) is -2.81. The molecule has 0 amide bonds. The predicted molar refractivity (Wildman–Crippen MR) is 129 cm³/mol. The van der Waals surface area contributed by atoms with Crippen molar-refractivity contribution in [3.63, 3.8) is 0 Å². The van der Waals surface area contributed by atoms with Crippen LogP contribution in [0.5, 0.6) is 0 Å². The van der Waals surface area contributed by atoms with E-state index in [2.05, 4.69) is 14.7 Å². The number of benzene rings is 2. The summed E-state index contributed by atoms with van der Waals surface area (Å²) >= 11 is 0. The first-order valence-corrected chi connectivity index (χ1v) is 12.8. The molecule has 2 N–H and O–H groups in total. The molecular weight excluding hydrogens is 530 g/mol. The summed E-state index contributed by atoms with van der Waals surface area (Å²) in [4.78, 5) is 20.3. The summed E-state index contributed by atoms with van der Waals surface area (Å²) < 4.78 is 84.3. The Bertz CT molecular complexity index is 1410. The molecule has 2 heterocycles. The van der Waals surface area contributed by atoms with Gasteiger partial charge in [0.15, 0.2) is 0 Å². The molecule has 1 aliphatic heterocycles. The molecule has 2 aromatic carbocycles. The summed E-state index contributed by atoms with van der Waals surface area (Å²) in [6.45, 7) is 0.202. The third-order valence-electron chi connectivity index (χ3n) is 5.97. The van der Waals surface area contributed by atoms with E-state index in [-0.39, 0.29) is 49.1 Å². The highest BCUT2D eigenvalue weighted by atomic mass is 32.2. The third kappa shape index (κ3) is 6.09. The topological polar surface area (TPSA) is 119 Å². The summed E-state index contributed by atoms with van der Waals surface area (Å²) in [6.07, 6.45) is -2.29. The first kappa shape index (κ1) is 27.4. The maximum Gasteiger partial charge on any atom is 0.490 e. The summed E-state index contributed by atoms with van der Waals surface area (Å²) in [7, 11) is -3.98. The zero-order chi connectivity index (χ0) is 27.5. The Labute approximate surface area is 215 Å². The SMILES string of the molecule is Nc1ncc(-c2ccc(-c3ccccc3S(=O)(=O)N3CCN(CCOC(=O)C(F)(F)F)CC3)cc2F)cn1. The first-order valence-electron chi connectivity index (χ1n) is 11.4. The molecule has 0 spiro atoms. The molecule has 3 aromatic rings. The first-order chi connectivity index (χ1) is 18.0. The fourth-order valence-electron chi connectivity index (χ4n) is 4.01. The zero-order valence-corrected chi connectivity index (χ0v) is 20.7. The molecule has 38 heavy (non-hydrogen) atoms. The Kier molecular flexibility index (Phi) is 7.94. The van der Waals surface area contributed by atoms with E-state index >= 15 is 4.39 Å². The van der Waals surface area contributed by atoms with Gasteiger partial charge in [0.25, 0.3) is 0 Å². The molecule has 1 aliphatic rings. The van der Waals surface area contributed by atoms with Crippen LogP contribution in [0.25, 0.3) is 22.3 Å².